The number of carbonyl (C=O) groups is 2. The standard InChI is InChI=1S/C26H33N3O3/c1-19(30)29-15-10-21-7-3-4-9-24(21)25(29)17-26(31)27-22-11-13-28(14-12-22)18-20-6-5-8-23(16-20)32-2/h3-9,16,22,25H,10-15,17-18H2,1-2H3,(H,27,31). The van der Waals surface area contributed by atoms with Gasteiger partial charge in [0.15, 0.2) is 0 Å². The molecular formula is C26H33N3O3. The van der Waals surface area contributed by atoms with Gasteiger partial charge in [0.2, 0.25) is 11.8 Å². The zero-order valence-electron chi connectivity index (χ0n) is 19.0. The summed E-state index contributed by atoms with van der Waals surface area (Å²) in [6, 6.07) is 16.4. The number of methoxy groups -OCH3 is 1. The maximum atomic E-state index is 12.9. The molecule has 2 aromatic carbocycles. The van der Waals surface area contributed by atoms with Crippen molar-refractivity contribution in [2.24, 2.45) is 0 Å². The molecule has 1 saturated heterocycles. The van der Waals surface area contributed by atoms with Gasteiger partial charge >= 0.3 is 0 Å². The van der Waals surface area contributed by atoms with Gasteiger partial charge < -0.3 is 15.0 Å². The zero-order valence-corrected chi connectivity index (χ0v) is 19.0. The predicted octanol–water partition coefficient (Wildman–Crippen LogP) is 3.31. The number of hydrogen-bond donors (Lipinski definition) is 1. The van der Waals surface area contributed by atoms with Crippen LogP contribution in [0.5, 0.6) is 5.75 Å². The molecule has 2 aromatic rings. The number of nitrogens with one attached hydrogen (secondary N) is 1. The molecule has 1 unspecified atom stereocenters. The third-order valence-corrected chi connectivity index (χ3v) is 6.69. The molecule has 170 valence electrons. The number of fused-ring (bicyclic) bond motifs is 1. The van der Waals surface area contributed by atoms with E-state index in [0.717, 1.165) is 50.2 Å². The van der Waals surface area contributed by atoms with E-state index in [0.29, 0.717) is 13.0 Å². The third kappa shape index (κ3) is 5.30. The fourth-order valence-corrected chi connectivity index (χ4v) is 4.98. The Morgan fingerprint density at radius 1 is 1.06 bits per heavy atom. The molecular weight excluding hydrogens is 402 g/mol. The molecule has 1 N–H and O–H groups in total. The third-order valence-electron chi connectivity index (χ3n) is 6.69. The van der Waals surface area contributed by atoms with E-state index in [-0.39, 0.29) is 23.9 Å². The summed E-state index contributed by atoms with van der Waals surface area (Å²) < 4.78 is 5.32. The Labute approximate surface area is 190 Å². The van der Waals surface area contributed by atoms with Gasteiger partial charge in [-0.15, -0.1) is 0 Å². The summed E-state index contributed by atoms with van der Waals surface area (Å²) in [5, 5.41) is 3.24. The van der Waals surface area contributed by atoms with Crippen molar-refractivity contribution in [1.29, 1.82) is 0 Å². The van der Waals surface area contributed by atoms with Crippen LogP contribution >= 0.6 is 0 Å². The van der Waals surface area contributed by atoms with Gasteiger partial charge in [-0.05, 0) is 48.1 Å². The quantitative estimate of drug-likeness (QED) is 0.756. The molecule has 0 radical (unpaired) electrons. The van der Waals surface area contributed by atoms with E-state index >= 15 is 0 Å². The Balaban J connectivity index is 1.30. The van der Waals surface area contributed by atoms with Crippen LogP contribution in [0.2, 0.25) is 0 Å². The van der Waals surface area contributed by atoms with E-state index in [1.807, 2.05) is 29.2 Å². The number of benzene rings is 2. The first-order valence-corrected chi connectivity index (χ1v) is 11.5. The van der Waals surface area contributed by atoms with Crippen molar-refractivity contribution >= 4 is 11.8 Å². The van der Waals surface area contributed by atoms with E-state index in [1.165, 1.54) is 11.1 Å². The lowest BCUT2D eigenvalue weighted by atomic mass is 9.90. The molecule has 6 nitrogen and oxygen atoms in total. The monoisotopic (exact) mass is 435 g/mol. The second kappa shape index (κ2) is 10.2. The van der Waals surface area contributed by atoms with E-state index in [9.17, 15) is 9.59 Å². The highest BCUT2D eigenvalue weighted by Crippen LogP contribution is 2.32. The summed E-state index contributed by atoms with van der Waals surface area (Å²) in [7, 11) is 1.69. The van der Waals surface area contributed by atoms with Crippen molar-refractivity contribution in [2.45, 2.75) is 51.2 Å². The van der Waals surface area contributed by atoms with Crippen LogP contribution in [-0.4, -0.2) is 54.4 Å². The molecule has 1 fully saturated rings. The van der Waals surface area contributed by atoms with Gasteiger partial charge in [-0.1, -0.05) is 36.4 Å². The van der Waals surface area contributed by atoms with E-state index < -0.39 is 0 Å². The lowest BCUT2D eigenvalue weighted by Crippen LogP contribution is -2.46. The predicted molar refractivity (Wildman–Crippen MR) is 124 cm³/mol. The zero-order chi connectivity index (χ0) is 22.5. The molecule has 2 amide bonds. The molecule has 0 saturated carbocycles. The second-order valence-electron chi connectivity index (χ2n) is 8.85. The van der Waals surface area contributed by atoms with Gasteiger partial charge in [0.1, 0.15) is 5.75 Å². The maximum absolute atomic E-state index is 12.9. The Bertz CT molecular complexity index is 953. The van der Waals surface area contributed by atoms with Crippen LogP contribution in [0.1, 0.15) is 48.9 Å². The number of rotatable bonds is 6. The van der Waals surface area contributed by atoms with Gasteiger partial charge in [0.05, 0.1) is 19.6 Å². The van der Waals surface area contributed by atoms with Crippen LogP contribution in [0, 0.1) is 0 Å². The van der Waals surface area contributed by atoms with Gasteiger partial charge in [0, 0.05) is 39.1 Å². The molecule has 2 heterocycles. The topological polar surface area (TPSA) is 61.9 Å². The molecule has 0 bridgehead atoms. The van der Waals surface area contributed by atoms with Gasteiger partial charge in [-0.2, -0.15) is 0 Å². The summed E-state index contributed by atoms with van der Waals surface area (Å²) in [6.07, 6.45) is 3.04. The molecule has 6 heteroatoms. The van der Waals surface area contributed by atoms with Crippen molar-refractivity contribution in [1.82, 2.24) is 15.1 Å². The first kappa shape index (κ1) is 22.3. The average molecular weight is 436 g/mol. The summed E-state index contributed by atoms with van der Waals surface area (Å²) in [5.74, 6) is 0.945. The lowest BCUT2D eigenvalue weighted by molar-refractivity contribution is -0.133. The van der Waals surface area contributed by atoms with E-state index in [2.05, 4.69) is 34.5 Å². The minimum Gasteiger partial charge on any atom is -0.497 e. The van der Waals surface area contributed by atoms with Crippen molar-refractivity contribution in [2.75, 3.05) is 26.7 Å². The van der Waals surface area contributed by atoms with E-state index in [1.54, 1.807) is 14.0 Å². The molecule has 0 spiro atoms. The normalized spacial score (nSPS) is 19.3. The number of nitrogens with zero attached hydrogens (tertiary/aromatic N) is 2. The first-order chi connectivity index (χ1) is 15.5. The van der Waals surface area contributed by atoms with Crippen LogP contribution in [0.4, 0.5) is 0 Å². The number of amides is 2. The SMILES string of the molecule is COc1cccc(CN2CCC(NC(=O)CC3c4ccccc4CCN3C(C)=O)CC2)c1. The highest BCUT2D eigenvalue weighted by Gasteiger charge is 2.31. The average Bonchev–Trinajstić information content (AvgIpc) is 2.80. The molecule has 4 rings (SSSR count). The Hall–Kier alpha value is -2.86. The van der Waals surface area contributed by atoms with E-state index in [4.69, 9.17) is 4.74 Å². The largest absolute Gasteiger partial charge is 0.497 e. The van der Waals surface area contributed by atoms with Crippen molar-refractivity contribution in [3.63, 3.8) is 0 Å². The highest BCUT2D eigenvalue weighted by atomic mass is 16.5. The molecule has 2 aliphatic heterocycles. The summed E-state index contributed by atoms with van der Waals surface area (Å²) in [5.41, 5.74) is 3.60. The smallest absolute Gasteiger partial charge is 0.222 e. The summed E-state index contributed by atoms with van der Waals surface area (Å²) in [4.78, 5) is 29.4. The fraction of sp³-hybridized carbons (Fsp3) is 0.462. The molecule has 0 aliphatic carbocycles. The van der Waals surface area contributed by atoms with Gasteiger partial charge in [0.25, 0.3) is 0 Å². The Morgan fingerprint density at radius 2 is 1.84 bits per heavy atom. The van der Waals surface area contributed by atoms with Crippen molar-refractivity contribution in [3.8, 4) is 5.75 Å². The number of piperidine rings is 1. The number of carbonyl (C=O) groups excluding carboxylic acids is 2. The Morgan fingerprint density at radius 3 is 2.59 bits per heavy atom. The molecule has 0 aromatic heterocycles. The Kier molecular flexibility index (Phi) is 7.10. The first-order valence-electron chi connectivity index (χ1n) is 11.5. The number of hydrogen-bond acceptors (Lipinski definition) is 4. The van der Waals surface area contributed by atoms with Gasteiger partial charge in [-0.3, -0.25) is 14.5 Å². The van der Waals surface area contributed by atoms with Crippen LogP contribution in [0.3, 0.4) is 0 Å². The van der Waals surface area contributed by atoms with Crippen molar-refractivity contribution < 1.29 is 14.3 Å². The van der Waals surface area contributed by atoms with Crippen molar-refractivity contribution in [3.05, 3.63) is 65.2 Å². The summed E-state index contributed by atoms with van der Waals surface area (Å²) >= 11 is 0. The maximum Gasteiger partial charge on any atom is 0.222 e. The summed E-state index contributed by atoms with van der Waals surface area (Å²) in [6.45, 7) is 5.07. The lowest BCUT2D eigenvalue weighted by Gasteiger charge is -2.37. The molecule has 1 atom stereocenters. The molecule has 32 heavy (non-hydrogen) atoms. The number of likely N-dealkylation sites (tertiary alicyclic amines) is 1. The van der Waals surface area contributed by atoms with Gasteiger partial charge in [-0.25, -0.2) is 0 Å². The van der Waals surface area contributed by atoms with Crippen LogP contribution in [0.25, 0.3) is 0 Å². The fourth-order valence-electron chi connectivity index (χ4n) is 4.98. The minimum absolute atomic E-state index is 0.0307. The van der Waals surface area contributed by atoms with Crippen LogP contribution in [-0.2, 0) is 22.6 Å². The number of ether oxygens (including phenoxy) is 1. The second-order valence-corrected chi connectivity index (χ2v) is 8.85. The highest BCUT2D eigenvalue weighted by molar-refractivity contribution is 5.80. The van der Waals surface area contributed by atoms with Crippen LogP contribution < -0.4 is 10.1 Å². The van der Waals surface area contributed by atoms with Crippen LogP contribution in [0.15, 0.2) is 48.5 Å². The minimum atomic E-state index is -0.175. The molecule has 2 aliphatic rings.